The van der Waals surface area contributed by atoms with Crippen molar-refractivity contribution in [3.63, 3.8) is 0 Å². The number of carbonyl (C=O) groups excluding carboxylic acids is 2. The van der Waals surface area contributed by atoms with Gasteiger partial charge in [0, 0.05) is 12.2 Å². The highest BCUT2D eigenvalue weighted by atomic mass is 19.4. The number of halogens is 6. The fraction of sp³-hybridized carbons (Fsp3) is 0.182. The lowest BCUT2D eigenvalue weighted by atomic mass is 9.95. The summed E-state index contributed by atoms with van der Waals surface area (Å²) in [5, 5.41) is 0. The van der Waals surface area contributed by atoms with Crippen LogP contribution in [0.4, 0.5) is 26.3 Å². The number of methoxy groups -OCH3 is 2. The number of alkyl halides is 6. The molecule has 0 fully saturated rings. The Balaban J connectivity index is 2.59. The first-order valence-electron chi connectivity index (χ1n) is 8.81. The average Bonchev–Trinajstić information content (AvgIpc) is 2.74. The van der Waals surface area contributed by atoms with Crippen LogP contribution in [-0.2, 0) is 31.4 Å². The number of esters is 2. The van der Waals surface area contributed by atoms with Crippen LogP contribution in [-0.4, -0.2) is 26.2 Å². The molecule has 0 spiro atoms. The lowest BCUT2D eigenvalue weighted by Gasteiger charge is -2.15. The summed E-state index contributed by atoms with van der Waals surface area (Å²) in [7, 11) is 2.12. The monoisotopic (exact) mass is 458 g/mol. The summed E-state index contributed by atoms with van der Waals surface area (Å²) in [5.41, 5.74) is -3.25. The molecule has 0 aliphatic heterocycles. The first-order valence-corrected chi connectivity index (χ1v) is 8.81. The zero-order valence-corrected chi connectivity index (χ0v) is 16.7. The molecule has 0 unspecified atom stereocenters. The zero-order valence-electron chi connectivity index (χ0n) is 16.7. The molecule has 0 heterocycles. The molecular formula is C22H16F6O4. The average molecular weight is 458 g/mol. The van der Waals surface area contributed by atoms with Crippen LogP contribution in [0.5, 0.6) is 0 Å². The van der Waals surface area contributed by atoms with Crippen molar-refractivity contribution in [2.75, 3.05) is 14.2 Å². The Morgan fingerprint density at radius 3 is 1.31 bits per heavy atom. The van der Waals surface area contributed by atoms with Crippen LogP contribution in [0.15, 0.2) is 48.6 Å². The Hall–Kier alpha value is -3.56. The van der Waals surface area contributed by atoms with Crippen molar-refractivity contribution in [1.29, 1.82) is 0 Å². The van der Waals surface area contributed by atoms with Crippen molar-refractivity contribution in [3.05, 3.63) is 70.8 Å². The molecule has 170 valence electrons. The summed E-state index contributed by atoms with van der Waals surface area (Å²) < 4.78 is 89.7. The maximum absolute atomic E-state index is 13.5. The molecule has 0 radical (unpaired) electrons. The third kappa shape index (κ3) is 6.22. The Morgan fingerprint density at radius 1 is 0.688 bits per heavy atom. The molecule has 2 aromatic carbocycles. The molecule has 32 heavy (non-hydrogen) atoms. The second-order valence-electron chi connectivity index (χ2n) is 6.31. The molecule has 0 amide bonds. The number of benzene rings is 2. The van der Waals surface area contributed by atoms with E-state index in [1.807, 2.05) is 0 Å². The molecular weight excluding hydrogens is 442 g/mol. The minimum Gasteiger partial charge on any atom is -0.466 e. The summed E-state index contributed by atoms with van der Waals surface area (Å²) in [4.78, 5) is 22.4. The van der Waals surface area contributed by atoms with Gasteiger partial charge in [-0.05, 0) is 46.5 Å². The van der Waals surface area contributed by atoms with Crippen molar-refractivity contribution in [2.24, 2.45) is 0 Å². The standard InChI is InChI=1S/C22H16F6O4/c1-31-19(29)9-7-13-3-5-15(11-17(13)21(23,24)25)16-6-4-14(8-10-20(30)32-2)18(12-16)22(26,27)28/h3-12H,1-2H3/b9-7+,10-8+. The van der Waals surface area contributed by atoms with Crippen LogP contribution in [0, 0.1) is 0 Å². The minimum atomic E-state index is -4.83. The normalized spacial score (nSPS) is 12.4. The predicted octanol–water partition coefficient (Wildman–Crippen LogP) is 5.76. The number of ether oxygens (including phenoxy) is 2. The Bertz CT molecular complexity index is 980. The van der Waals surface area contributed by atoms with Crippen LogP contribution < -0.4 is 0 Å². The van der Waals surface area contributed by atoms with Crippen LogP contribution in [0.1, 0.15) is 22.3 Å². The predicted molar refractivity (Wildman–Crippen MR) is 104 cm³/mol. The molecule has 0 aromatic heterocycles. The Kier molecular flexibility index (Phi) is 7.50. The largest absolute Gasteiger partial charge is 0.466 e. The lowest BCUT2D eigenvalue weighted by Crippen LogP contribution is -2.09. The van der Waals surface area contributed by atoms with Crippen molar-refractivity contribution < 1.29 is 45.4 Å². The summed E-state index contributed by atoms with van der Waals surface area (Å²) >= 11 is 0. The highest BCUT2D eigenvalue weighted by Crippen LogP contribution is 2.38. The van der Waals surface area contributed by atoms with E-state index in [9.17, 15) is 35.9 Å². The van der Waals surface area contributed by atoms with Crippen LogP contribution in [0.25, 0.3) is 23.3 Å². The fourth-order valence-electron chi connectivity index (χ4n) is 2.71. The number of rotatable bonds is 5. The Labute approximate surface area is 178 Å². The van der Waals surface area contributed by atoms with E-state index in [0.717, 1.165) is 50.7 Å². The first-order chi connectivity index (χ1) is 14.9. The third-order valence-corrected chi connectivity index (χ3v) is 4.25. The van der Waals surface area contributed by atoms with Crippen molar-refractivity contribution >= 4 is 24.1 Å². The molecule has 0 aliphatic rings. The van der Waals surface area contributed by atoms with Gasteiger partial charge < -0.3 is 9.47 Å². The Morgan fingerprint density at radius 2 is 1.03 bits per heavy atom. The maximum Gasteiger partial charge on any atom is 0.417 e. The van der Waals surface area contributed by atoms with Gasteiger partial charge in [0.1, 0.15) is 0 Å². The van der Waals surface area contributed by atoms with E-state index in [0.29, 0.717) is 12.1 Å². The third-order valence-electron chi connectivity index (χ3n) is 4.25. The quantitative estimate of drug-likeness (QED) is 0.325. The van der Waals surface area contributed by atoms with Gasteiger partial charge in [0.2, 0.25) is 0 Å². The zero-order chi connectivity index (χ0) is 24.1. The molecule has 2 rings (SSSR count). The van der Waals surface area contributed by atoms with Crippen molar-refractivity contribution in [2.45, 2.75) is 12.4 Å². The van der Waals surface area contributed by atoms with E-state index >= 15 is 0 Å². The molecule has 0 bridgehead atoms. The summed E-state index contributed by atoms with van der Waals surface area (Å²) in [5.74, 6) is -1.74. The van der Waals surface area contributed by atoms with Gasteiger partial charge in [0.15, 0.2) is 0 Å². The molecule has 0 N–H and O–H groups in total. The van der Waals surface area contributed by atoms with Gasteiger partial charge in [-0.15, -0.1) is 0 Å². The van der Waals surface area contributed by atoms with Gasteiger partial charge in [0.05, 0.1) is 25.3 Å². The van der Waals surface area contributed by atoms with Gasteiger partial charge in [-0.3, -0.25) is 0 Å². The lowest BCUT2D eigenvalue weighted by molar-refractivity contribution is -0.138. The summed E-state index contributed by atoms with van der Waals surface area (Å²) in [6.07, 6.45) is -6.26. The van der Waals surface area contributed by atoms with E-state index in [1.54, 1.807) is 0 Å². The van der Waals surface area contributed by atoms with Crippen LogP contribution in [0.3, 0.4) is 0 Å². The van der Waals surface area contributed by atoms with Gasteiger partial charge in [-0.1, -0.05) is 24.3 Å². The fourth-order valence-corrected chi connectivity index (χ4v) is 2.71. The number of hydrogen-bond acceptors (Lipinski definition) is 4. The SMILES string of the molecule is COC(=O)/C=C/c1ccc(-c2ccc(/C=C/C(=O)OC)c(C(F)(F)F)c2)cc1C(F)(F)F. The van der Waals surface area contributed by atoms with E-state index in [2.05, 4.69) is 9.47 Å². The summed E-state index contributed by atoms with van der Waals surface area (Å²) in [6, 6.07) is 5.86. The second kappa shape index (κ2) is 9.71. The van der Waals surface area contributed by atoms with Gasteiger partial charge in [0.25, 0.3) is 0 Å². The molecule has 0 atom stereocenters. The van der Waals surface area contributed by atoms with E-state index in [1.165, 1.54) is 12.1 Å². The molecule has 4 nitrogen and oxygen atoms in total. The number of hydrogen-bond donors (Lipinski definition) is 0. The highest BCUT2D eigenvalue weighted by Gasteiger charge is 2.35. The topological polar surface area (TPSA) is 52.6 Å². The van der Waals surface area contributed by atoms with Crippen LogP contribution >= 0.6 is 0 Å². The highest BCUT2D eigenvalue weighted by molar-refractivity contribution is 5.88. The van der Waals surface area contributed by atoms with E-state index < -0.39 is 35.4 Å². The maximum atomic E-state index is 13.5. The van der Waals surface area contributed by atoms with Gasteiger partial charge >= 0.3 is 24.3 Å². The molecule has 0 saturated carbocycles. The molecule has 2 aromatic rings. The van der Waals surface area contributed by atoms with Gasteiger partial charge in [-0.2, -0.15) is 26.3 Å². The second-order valence-corrected chi connectivity index (χ2v) is 6.31. The van der Waals surface area contributed by atoms with E-state index in [-0.39, 0.29) is 22.3 Å². The molecule has 0 saturated heterocycles. The summed E-state index contributed by atoms with van der Waals surface area (Å²) in [6.45, 7) is 0. The number of carbonyl (C=O) groups is 2. The van der Waals surface area contributed by atoms with E-state index in [4.69, 9.17) is 0 Å². The molecule has 0 aliphatic carbocycles. The first kappa shape index (κ1) is 24.7. The van der Waals surface area contributed by atoms with Crippen molar-refractivity contribution in [1.82, 2.24) is 0 Å². The smallest absolute Gasteiger partial charge is 0.417 e. The minimum absolute atomic E-state index is 0.124. The van der Waals surface area contributed by atoms with Crippen LogP contribution in [0.2, 0.25) is 0 Å². The van der Waals surface area contributed by atoms with Gasteiger partial charge in [-0.25, -0.2) is 9.59 Å². The van der Waals surface area contributed by atoms with Crippen molar-refractivity contribution in [3.8, 4) is 11.1 Å². The molecule has 10 heteroatoms.